The molecule has 448 valence electrons. The number of nitrogens with one attached hydrogen (secondary N) is 1. The molecule has 0 aromatic rings. The Morgan fingerprint density at radius 2 is 0.868 bits per heavy atom. The van der Waals surface area contributed by atoms with Gasteiger partial charge in [0.2, 0.25) is 5.91 Å². The van der Waals surface area contributed by atoms with Crippen LogP contribution in [0.3, 0.4) is 0 Å². The first-order valence-electron chi connectivity index (χ1n) is 31.6. The van der Waals surface area contributed by atoms with E-state index in [9.17, 15) is 45.6 Å². The van der Waals surface area contributed by atoms with Crippen LogP contribution in [0.4, 0.5) is 0 Å². The summed E-state index contributed by atoms with van der Waals surface area (Å²) in [6.07, 6.45) is 40.5. The van der Waals surface area contributed by atoms with E-state index in [0.29, 0.717) is 12.8 Å². The van der Waals surface area contributed by atoms with Crippen molar-refractivity contribution in [1.82, 2.24) is 5.32 Å². The third-order valence-electron chi connectivity index (χ3n) is 15.7. The predicted molar refractivity (Wildman–Crippen MR) is 305 cm³/mol. The van der Waals surface area contributed by atoms with Gasteiger partial charge in [0.15, 0.2) is 12.6 Å². The molecule has 14 nitrogen and oxygen atoms in total. The molecule has 0 radical (unpaired) electrons. The average molecular weight is 1080 g/mol. The van der Waals surface area contributed by atoms with Gasteiger partial charge in [-0.25, -0.2) is 0 Å². The Morgan fingerprint density at radius 3 is 1.32 bits per heavy atom. The van der Waals surface area contributed by atoms with E-state index in [1.165, 1.54) is 186 Å². The standard InChI is InChI=1S/C62H117NO13/c1-3-5-7-9-11-13-15-17-18-19-20-21-22-23-24-25-26-27-28-29-30-31-32-34-36-38-40-42-44-46-54(67)63-50(51(66)45-43-41-39-37-35-33-16-14-12-10-8-6-4-2)49-73-61-59(72)57(70)60(53(48-65)75-61)76-62-58(71)56(69)55(68)52(47-64)74-62/h15,17,19-20,50-53,55-62,64-66,68-72H,3-14,16,18,21-49H2,1-2H3,(H,63,67)/b17-15-,20-19-. The third-order valence-corrected chi connectivity index (χ3v) is 15.7. The second-order valence-corrected chi connectivity index (χ2v) is 22.5. The maximum atomic E-state index is 13.3. The van der Waals surface area contributed by atoms with E-state index in [2.05, 4.69) is 43.5 Å². The van der Waals surface area contributed by atoms with Gasteiger partial charge in [-0.3, -0.25) is 4.79 Å². The summed E-state index contributed by atoms with van der Waals surface area (Å²) in [6, 6.07) is -0.825. The SMILES string of the molecule is CCCCCCC/C=C\C/C=C\CCCCCCCCCCCCCCCCCCCC(=O)NC(COC1OC(CO)C(OC2OC(CO)C(O)C(O)C2O)C(O)C1O)C(O)CCCCCCCCCCCCCCC. The minimum Gasteiger partial charge on any atom is -0.394 e. The molecule has 76 heavy (non-hydrogen) atoms. The summed E-state index contributed by atoms with van der Waals surface area (Å²) in [5.74, 6) is -0.203. The van der Waals surface area contributed by atoms with Crippen molar-refractivity contribution in [2.45, 2.75) is 344 Å². The Hall–Kier alpha value is -1.53. The van der Waals surface area contributed by atoms with Crippen LogP contribution in [0.1, 0.15) is 271 Å². The van der Waals surface area contributed by atoms with E-state index in [0.717, 1.165) is 57.8 Å². The van der Waals surface area contributed by atoms with Crippen LogP contribution in [0.25, 0.3) is 0 Å². The number of hydrogen-bond acceptors (Lipinski definition) is 13. The van der Waals surface area contributed by atoms with Crippen molar-refractivity contribution in [2.24, 2.45) is 0 Å². The lowest BCUT2D eigenvalue weighted by Crippen LogP contribution is -2.65. The summed E-state index contributed by atoms with van der Waals surface area (Å²) in [5, 5.41) is 87.2. The number of rotatable bonds is 51. The molecule has 0 spiro atoms. The summed E-state index contributed by atoms with van der Waals surface area (Å²) in [7, 11) is 0. The van der Waals surface area contributed by atoms with Gasteiger partial charge in [0, 0.05) is 6.42 Å². The van der Waals surface area contributed by atoms with Crippen molar-refractivity contribution in [3.05, 3.63) is 24.3 Å². The fourth-order valence-corrected chi connectivity index (χ4v) is 10.6. The molecule has 1 amide bonds. The summed E-state index contributed by atoms with van der Waals surface area (Å²) in [4.78, 5) is 13.3. The first-order valence-corrected chi connectivity index (χ1v) is 31.6. The number of amides is 1. The molecule has 0 aliphatic carbocycles. The molecule has 0 aromatic carbocycles. The molecule has 14 heteroatoms. The molecule has 12 atom stereocenters. The molecule has 0 bridgehead atoms. The predicted octanol–water partition coefficient (Wildman–Crippen LogP) is 11.2. The summed E-state index contributed by atoms with van der Waals surface area (Å²) >= 11 is 0. The zero-order valence-electron chi connectivity index (χ0n) is 48.3. The van der Waals surface area contributed by atoms with Gasteiger partial charge in [-0.1, -0.05) is 244 Å². The summed E-state index contributed by atoms with van der Waals surface area (Å²) < 4.78 is 22.8. The van der Waals surface area contributed by atoms with Gasteiger partial charge in [-0.05, 0) is 44.9 Å². The fraction of sp³-hybridized carbons (Fsp3) is 0.919. The van der Waals surface area contributed by atoms with E-state index >= 15 is 0 Å². The van der Waals surface area contributed by atoms with Gasteiger partial charge in [-0.2, -0.15) is 0 Å². The normalized spacial score (nSPS) is 25.0. The Kier molecular flexibility index (Phi) is 44.8. The highest BCUT2D eigenvalue weighted by Gasteiger charge is 2.51. The number of carbonyl (C=O) groups excluding carboxylic acids is 1. The highest BCUT2D eigenvalue weighted by atomic mass is 16.7. The van der Waals surface area contributed by atoms with Gasteiger partial charge >= 0.3 is 0 Å². The van der Waals surface area contributed by atoms with Crippen molar-refractivity contribution in [2.75, 3.05) is 19.8 Å². The largest absolute Gasteiger partial charge is 0.394 e. The number of aliphatic hydroxyl groups is 8. The Balaban J connectivity index is 1.65. The smallest absolute Gasteiger partial charge is 0.220 e. The van der Waals surface area contributed by atoms with Crippen LogP contribution in [0.5, 0.6) is 0 Å². The Bertz CT molecular complexity index is 1370. The van der Waals surface area contributed by atoms with Crippen molar-refractivity contribution < 1.29 is 64.6 Å². The van der Waals surface area contributed by atoms with Gasteiger partial charge < -0.3 is 65.1 Å². The second kappa shape index (κ2) is 48.2. The van der Waals surface area contributed by atoms with E-state index < -0.39 is 86.8 Å². The topological polar surface area (TPSA) is 228 Å². The van der Waals surface area contributed by atoms with Crippen LogP contribution < -0.4 is 5.32 Å². The summed E-state index contributed by atoms with van der Waals surface area (Å²) in [5.41, 5.74) is 0. The second-order valence-electron chi connectivity index (χ2n) is 22.5. The van der Waals surface area contributed by atoms with Crippen LogP contribution in [-0.2, 0) is 23.7 Å². The molecular weight excluding hydrogens is 967 g/mol. The lowest BCUT2D eigenvalue weighted by Gasteiger charge is -2.46. The van der Waals surface area contributed by atoms with Gasteiger partial charge in [-0.15, -0.1) is 0 Å². The quantitative estimate of drug-likeness (QED) is 0.0204. The molecule has 0 aromatic heterocycles. The molecule has 2 aliphatic heterocycles. The van der Waals surface area contributed by atoms with Crippen molar-refractivity contribution in [1.29, 1.82) is 0 Å². The van der Waals surface area contributed by atoms with Crippen molar-refractivity contribution in [3.63, 3.8) is 0 Å². The molecule has 2 saturated heterocycles. The maximum Gasteiger partial charge on any atom is 0.220 e. The zero-order chi connectivity index (χ0) is 55.3. The number of hydrogen-bond donors (Lipinski definition) is 9. The summed E-state index contributed by atoms with van der Waals surface area (Å²) in [6.45, 7) is 2.87. The van der Waals surface area contributed by atoms with Crippen molar-refractivity contribution >= 4 is 5.91 Å². The lowest BCUT2D eigenvalue weighted by atomic mass is 9.97. The van der Waals surface area contributed by atoms with Crippen molar-refractivity contribution in [3.8, 4) is 0 Å². The highest BCUT2D eigenvalue weighted by Crippen LogP contribution is 2.30. The Labute approximate surface area is 462 Å². The lowest BCUT2D eigenvalue weighted by molar-refractivity contribution is -0.359. The molecule has 2 fully saturated rings. The highest BCUT2D eigenvalue weighted by molar-refractivity contribution is 5.76. The molecule has 9 N–H and O–H groups in total. The monoisotopic (exact) mass is 1080 g/mol. The van der Waals surface area contributed by atoms with E-state index in [4.69, 9.17) is 18.9 Å². The Morgan fingerprint density at radius 1 is 0.474 bits per heavy atom. The van der Waals surface area contributed by atoms with E-state index in [-0.39, 0.29) is 12.5 Å². The zero-order valence-corrected chi connectivity index (χ0v) is 48.3. The minimum absolute atomic E-state index is 0.203. The number of carbonyl (C=O) groups is 1. The fourth-order valence-electron chi connectivity index (χ4n) is 10.6. The third kappa shape index (κ3) is 33.3. The minimum atomic E-state index is -1.78. The average Bonchev–Trinajstić information content (AvgIpc) is 3.42. The number of unbranched alkanes of at least 4 members (excludes halogenated alkanes) is 34. The van der Waals surface area contributed by atoms with E-state index in [1.54, 1.807) is 0 Å². The molecular formula is C62H117NO13. The molecule has 2 heterocycles. The molecule has 0 saturated carbocycles. The molecule has 2 rings (SSSR count). The van der Waals surface area contributed by atoms with Gasteiger partial charge in [0.25, 0.3) is 0 Å². The van der Waals surface area contributed by atoms with Crippen LogP contribution in [0.2, 0.25) is 0 Å². The van der Waals surface area contributed by atoms with Gasteiger partial charge in [0.1, 0.15) is 48.8 Å². The number of ether oxygens (including phenoxy) is 4. The molecule has 12 unspecified atom stereocenters. The maximum absolute atomic E-state index is 13.3. The molecule has 2 aliphatic rings. The van der Waals surface area contributed by atoms with Gasteiger partial charge in [0.05, 0.1) is 32.0 Å². The van der Waals surface area contributed by atoms with Crippen LogP contribution in [-0.4, -0.2) is 140 Å². The van der Waals surface area contributed by atoms with Crippen LogP contribution in [0, 0.1) is 0 Å². The number of allylic oxidation sites excluding steroid dienone is 4. The van der Waals surface area contributed by atoms with Crippen LogP contribution >= 0.6 is 0 Å². The number of aliphatic hydroxyl groups excluding tert-OH is 8. The van der Waals surface area contributed by atoms with Crippen LogP contribution in [0.15, 0.2) is 24.3 Å². The van der Waals surface area contributed by atoms with E-state index in [1.807, 2.05) is 0 Å². The first kappa shape index (κ1) is 70.6. The first-order chi connectivity index (χ1) is 37.1.